The summed E-state index contributed by atoms with van der Waals surface area (Å²) >= 11 is 0. The van der Waals surface area contributed by atoms with Crippen molar-refractivity contribution in [1.29, 1.82) is 0 Å². The number of rotatable bonds is 6. The number of carbonyl (C=O) groups is 2. The summed E-state index contributed by atoms with van der Waals surface area (Å²) in [5.41, 5.74) is 0. The molecular weight excluding hydrogens is 292 g/mol. The second-order valence-electron chi connectivity index (χ2n) is 5.44. The summed E-state index contributed by atoms with van der Waals surface area (Å²) in [6, 6.07) is -0.360. The molecule has 0 aromatic carbocycles. The number of hydrogen-bond acceptors (Lipinski definition) is 4. The van der Waals surface area contributed by atoms with Gasteiger partial charge in [0.1, 0.15) is 0 Å². The maximum atomic E-state index is 12.4. The highest BCUT2D eigenvalue weighted by molar-refractivity contribution is 7.91. The van der Waals surface area contributed by atoms with Gasteiger partial charge in [-0.2, -0.15) is 0 Å². The molecule has 1 fully saturated rings. The van der Waals surface area contributed by atoms with Gasteiger partial charge in [-0.05, 0) is 26.2 Å². The first-order valence-electron chi connectivity index (χ1n) is 7.66. The summed E-state index contributed by atoms with van der Waals surface area (Å²) in [6.07, 6.45) is 2.02. The van der Waals surface area contributed by atoms with E-state index in [0.29, 0.717) is 26.1 Å². The summed E-state index contributed by atoms with van der Waals surface area (Å²) in [5.74, 6) is -1.00. The second-order valence-corrected chi connectivity index (χ2v) is 7.67. The summed E-state index contributed by atoms with van der Waals surface area (Å²) in [4.78, 5) is 27.7. The number of amides is 2. The molecule has 21 heavy (non-hydrogen) atoms. The highest BCUT2D eigenvalue weighted by Gasteiger charge is 2.37. The van der Waals surface area contributed by atoms with Gasteiger partial charge in [-0.1, -0.05) is 13.8 Å². The molecule has 122 valence electrons. The van der Waals surface area contributed by atoms with Gasteiger partial charge < -0.3 is 9.80 Å². The Hall–Kier alpha value is -1.11. The van der Waals surface area contributed by atoms with Gasteiger partial charge in [-0.3, -0.25) is 9.59 Å². The van der Waals surface area contributed by atoms with Crippen LogP contribution < -0.4 is 0 Å². The van der Waals surface area contributed by atoms with E-state index in [9.17, 15) is 18.0 Å². The van der Waals surface area contributed by atoms with Crippen LogP contribution in [0.4, 0.5) is 0 Å². The van der Waals surface area contributed by atoms with Gasteiger partial charge in [0.25, 0.3) is 0 Å². The third kappa shape index (κ3) is 4.69. The highest BCUT2D eigenvalue weighted by Crippen LogP contribution is 2.18. The number of hydrogen-bond donors (Lipinski definition) is 0. The minimum Gasteiger partial charge on any atom is -0.334 e. The van der Waals surface area contributed by atoms with Crippen LogP contribution in [0.25, 0.3) is 0 Å². The molecule has 1 unspecified atom stereocenters. The Morgan fingerprint density at radius 2 is 1.62 bits per heavy atom. The SMILES string of the molecule is CCCN(CCC)C(=O)C(=O)N(CC)C1CCS(=O)(=O)C1. The van der Waals surface area contributed by atoms with E-state index in [0.717, 1.165) is 12.8 Å². The Balaban J connectivity index is 2.80. The summed E-state index contributed by atoms with van der Waals surface area (Å²) in [6.45, 7) is 7.16. The Labute approximate surface area is 127 Å². The Kier molecular flexibility index (Phi) is 6.64. The minimum atomic E-state index is -3.07. The van der Waals surface area contributed by atoms with Crippen LogP contribution in [0.1, 0.15) is 40.0 Å². The minimum absolute atomic E-state index is 0.0264. The summed E-state index contributed by atoms with van der Waals surface area (Å²) in [7, 11) is -3.07. The van der Waals surface area contributed by atoms with Crippen molar-refractivity contribution >= 4 is 21.7 Å². The fourth-order valence-electron chi connectivity index (χ4n) is 2.70. The largest absolute Gasteiger partial charge is 0.334 e. The van der Waals surface area contributed by atoms with Crippen LogP contribution in [0, 0.1) is 0 Å². The van der Waals surface area contributed by atoms with Crippen LogP contribution in [-0.2, 0) is 19.4 Å². The molecule has 1 atom stereocenters. The third-order valence-electron chi connectivity index (χ3n) is 3.71. The average molecular weight is 318 g/mol. The zero-order valence-electron chi connectivity index (χ0n) is 13.2. The predicted octanol–water partition coefficient (Wildman–Crippen LogP) is 0.671. The summed E-state index contributed by atoms with van der Waals surface area (Å²) in [5, 5.41) is 0. The van der Waals surface area contributed by atoms with Gasteiger partial charge in [-0.25, -0.2) is 8.42 Å². The molecule has 1 aliphatic heterocycles. The second kappa shape index (κ2) is 7.77. The molecule has 1 saturated heterocycles. The van der Waals surface area contributed by atoms with E-state index in [1.165, 1.54) is 4.90 Å². The van der Waals surface area contributed by atoms with Crippen LogP contribution in [0.3, 0.4) is 0 Å². The first-order chi connectivity index (χ1) is 9.86. The zero-order valence-corrected chi connectivity index (χ0v) is 14.0. The number of nitrogens with zero attached hydrogens (tertiary/aromatic N) is 2. The van der Waals surface area contributed by atoms with E-state index >= 15 is 0 Å². The molecule has 0 bridgehead atoms. The monoisotopic (exact) mass is 318 g/mol. The molecule has 0 aromatic heterocycles. The van der Waals surface area contributed by atoms with Crippen molar-refractivity contribution in [2.45, 2.75) is 46.1 Å². The van der Waals surface area contributed by atoms with E-state index in [2.05, 4.69) is 0 Å². The van der Waals surface area contributed by atoms with Crippen LogP contribution in [0.5, 0.6) is 0 Å². The molecule has 0 aliphatic carbocycles. The lowest BCUT2D eigenvalue weighted by Gasteiger charge is -2.29. The molecule has 6 nitrogen and oxygen atoms in total. The first-order valence-corrected chi connectivity index (χ1v) is 9.48. The first kappa shape index (κ1) is 17.9. The maximum absolute atomic E-state index is 12.4. The lowest BCUT2D eigenvalue weighted by molar-refractivity contribution is -0.152. The highest BCUT2D eigenvalue weighted by atomic mass is 32.2. The molecule has 0 saturated carbocycles. The van der Waals surface area contributed by atoms with Gasteiger partial charge in [0.2, 0.25) is 0 Å². The molecule has 7 heteroatoms. The molecule has 2 amide bonds. The third-order valence-corrected chi connectivity index (χ3v) is 5.46. The van der Waals surface area contributed by atoms with E-state index in [4.69, 9.17) is 0 Å². The normalized spacial score (nSPS) is 20.2. The maximum Gasteiger partial charge on any atom is 0.312 e. The van der Waals surface area contributed by atoms with Crippen molar-refractivity contribution in [3.05, 3.63) is 0 Å². The fourth-order valence-corrected chi connectivity index (χ4v) is 4.43. The quantitative estimate of drug-likeness (QED) is 0.675. The van der Waals surface area contributed by atoms with Gasteiger partial charge in [0.05, 0.1) is 11.5 Å². The van der Waals surface area contributed by atoms with Crippen molar-refractivity contribution in [2.24, 2.45) is 0 Å². The smallest absolute Gasteiger partial charge is 0.312 e. The Bertz CT molecular complexity index is 469. The lowest BCUT2D eigenvalue weighted by atomic mass is 10.2. The van der Waals surface area contributed by atoms with Crippen LogP contribution in [0.2, 0.25) is 0 Å². The topological polar surface area (TPSA) is 74.8 Å². The van der Waals surface area contributed by atoms with Crippen molar-refractivity contribution in [3.8, 4) is 0 Å². The van der Waals surface area contributed by atoms with Gasteiger partial charge in [0, 0.05) is 25.7 Å². The molecule has 0 aromatic rings. The van der Waals surface area contributed by atoms with Gasteiger partial charge >= 0.3 is 11.8 Å². The Morgan fingerprint density at radius 3 is 2.00 bits per heavy atom. The summed E-state index contributed by atoms with van der Waals surface area (Å²) < 4.78 is 23.1. The predicted molar refractivity (Wildman–Crippen MR) is 81.6 cm³/mol. The van der Waals surface area contributed by atoms with Gasteiger partial charge in [0.15, 0.2) is 9.84 Å². The lowest BCUT2D eigenvalue weighted by Crippen LogP contribution is -2.50. The van der Waals surface area contributed by atoms with Crippen LogP contribution >= 0.6 is 0 Å². The zero-order chi connectivity index (χ0) is 16.0. The van der Waals surface area contributed by atoms with E-state index in [1.54, 1.807) is 11.8 Å². The van der Waals surface area contributed by atoms with E-state index in [1.807, 2.05) is 13.8 Å². The molecule has 1 aliphatic rings. The average Bonchev–Trinajstić information content (AvgIpc) is 2.78. The molecular formula is C14H26N2O4S. The standard InChI is InChI=1S/C14H26N2O4S/c1-4-8-15(9-5-2)13(17)14(18)16(6-3)12-7-10-21(19,20)11-12/h12H,4-11H2,1-3H3. The number of carbonyl (C=O) groups excluding carboxylic acids is 2. The molecule has 1 rings (SSSR count). The number of likely N-dealkylation sites (N-methyl/N-ethyl adjacent to an activating group) is 1. The molecule has 1 heterocycles. The van der Waals surface area contributed by atoms with E-state index < -0.39 is 21.7 Å². The van der Waals surface area contributed by atoms with Crippen LogP contribution in [0.15, 0.2) is 0 Å². The van der Waals surface area contributed by atoms with Crippen molar-refractivity contribution in [1.82, 2.24) is 9.80 Å². The van der Waals surface area contributed by atoms with Crippen molar-refractivity contribution in [2.75, 3.05) is 31.1 Å². The molecule has 0 spiro atoms. The fraction of sp³-hybridized carbons (Fsp3) is 0.857. The van der Waals surface area contributed by atoms with E-state index in [-0.39, 0.29) is 17.5 Å². The Morgan fingerprint density at radius 1 is 1.05 bits per heavy atom. The van der Waals surface area contributed by atoms with Crippen molar-refractivity contribution in [3.63, 3.8) is 0 Å². The number of sulfone groups is 1. The molecule has 0 N–H and O–H groups in total. The van der Waals surface area contributed by atoms with Gasteiger partial charge in [-0.15, -0.1) is 0 Å². The van der Waals surface area contributed by atoms with Crippen molar-refractivity contribution < 1.29 is 18.0 Å². The van der Waals surface area contributed by atoms with Crippen LogP contribution in [-0.4, -0.2) is 67.2 Å². The molecule has 0 radical (unpaired) electrons.